The van der Waals surface area contributed by atoms with Gasteiger partial charge in [-0.15, -0.1) is 0 Å². The van der Waals surface area contributed by atoms with Gasteiger partial charge in [-0.3, -0.25) is 4.79 Å². The molecule has 1 amide bonds. The first-order valence-electron chi connectivity index (χ1n) is 7.47. The van der Waals surface area contributed by atoms with Crippen LogP contribution < -0.4 is 32.9 Å². The lowest BCUT2D eigenvalue weighted by Gasteiger charge is -2.18. The van der Waals surface area contributed by atoms with Gasteiger partial charge in [-0.1, -0.05) is 42.5 Å². The van der Waals surface area contributed by atoms with Crippen molar-refractivity contribution < 1.29 is 26.7 Å². The van der Waals surface area contributed by atoms with Crippen LogP contribution in [0, 0.1) is 0 Å². The Balaban J connectivity index is 0.00000288. The highest BCUT2D eigenvalue weighted by Crippen LogP contribution is 2.31. The van der Waals surface area contributed by atoms with Crippen LogP contribution in [0.3, 0.4) is 0 Å². The molecule has 5 nitrogen and oxygen atoms in total. The highest BCUT2D eigenvalue weighted by molar-refractivity contribution is 5.75. The number of carbonyl (C=O) groups is 1. The van der Waals surface area contributed by atoms with Crippen molar-refractivity contribution >= 4 is 5.91 Å². The summed E-state index contributed by atoms with van der Waals surface area (Å²) in [5.41, 5.74) is 7.27. The summed E-state index contributed by atoms with van der Waals surface area (Å²) in [4.78, 5) is 11.0. The minimum atomic E-state index is -0.521. The molecule has 0 aromatic heterocycles. The Morgan fingerprint density at radius 1 is 1.17 bits per heavy atom. The van der Waals surface area contributed by atoms with Crippen molar-refractivity contribution in [3.8, 4) is 11.5 Å². The zero-order valence-electron chi connectivity index (χ0n) is 13.8. The van der Waals surface area contributed by atoms with Gasteiger partial charge in [0, 0.05) is 18.2 Å². The quantitative estimate of drug-likeness (QED) is 0.668. The maximum Gasteiger partial charge on any atom is 0.255 e. The second-order valence-electron chi connectivity index (χ2n) is 5.22. The molecule has 0 aliphatic rings. The van der Waals surface area contributed by atoms with Gasteiger partial charge in [0.1, 0.15) is 0 Å². The molecule has 0 heterocycles. The third-order valence-corrected chi connectivity index (χ3v) is 3.54. The van der Waals surface area contributed by atoms with Crippen LogP contribution >= 0.6 is 0 Å². The number of methoxy groups -OCH3 is 1. The maximum absolute atomic E-state index is 11.0. The topological polar surface area (TPSA) is 73.6 Å². The number of amides is 1. The number of rotatable bonds is 8. The summed E-state index contributed by atoms with van der Waals surface area (Å²) in [6, 6.07) is 16.0. The largest absolute Gasteiger partial charge is 1.00 e. The van der Waals surface area contributed by atoms with E-state index in [0.717, 1.165) is 5.56 Å². The summed E-state index contributed by atoms with van der Waals surface area (Å²) in [7, 11) is 1.57. The van der Waals surface area contributed by atoms with E-state index in [-0.39, 0.29) is 25.1 Å². The van der Waals surface area contributed by atoms with Gasteiger partial charge in [0.05, 0.1) is 7.11 Å². The van der Waals surface area contributed by atoms with E-state index in [1.54, 1.807) is 13.2 Å². The number of ether oxygens (including phenoxy) is 2. The molecular formula is C18H22ClN2O3-. The minimum absolute atomic E-state index is 0. The number of halogens is 1. The first-order chi connectivity index (χ1) is 11.1. The van der Waals surface area contributed by atoms with Crippen LogP contribution in [-0.2, 0) is 11.3 Å². The van der Waals surface area contributed by atoms with E-state index >= 15 is 0 Å². The summed E-state index contributed by atoms with van der Waals surface area (Å²) in [5.74, 6) is 0.604. The van der Waals surface area contributed by atoms with Gasteiger partial charge >= 0.3 is 0 Å². The molecule has 130 valence electrons. The fourth-order valence-corrected chi connectivity index (χ4v) is 2.29. The highest BCUT2D eigenvalue weighted by Gasteiger charge is 2.13. The van der Waals surface area contributed by atoms with Gasteiger partial charge in [-0.25, -0.2) is 0 Å². The maximum atomic E-state index is 11.0. The third kappa shape index (κ3) is 5.44. The highest BCUT2D eigenvalue weighted by atomic mass is 35.5. The zero-order valence-corrected chi connectivity index (χ0v) is 14.5. The molecule has 3 N–H and O–H groups in total. The Morgan fingerprint density at radius 3 is 2.50 bits per heavy atom. The van der Waals surface area contributed by atoms with Crippen LogP contribution in [0.1, 0.15) is 24.1 Å². The van der Waals surface area contributed by atoms with E-state index in [0.29, 0.717) is 18.0 Å². The Hall–Kier alpha value is -2.24. The average Bonchev–Trinajstić information content (AvgIpc) is 2.58. The Kier molecular flexibility index (Phi) is 8.09. The molecule has 1 atom stereocenters. The fraction of sp³-hybridized carbons (Fsp3) is 0.278. The van der Waals surface area contributed by atoms with Crippen LogP contribution in [-0.4, -0.2) is 19.6 Å². The molecule has 0 radical (unpaired) electrons. The monoisotopic (exact) mass is 349 g/mol. The molecule has 0 fully saturated rings. The first kappa shape index (κ1) is 19.8. The molecule has 2 aromatic rings. The smallest absolute Gasteiger partial charge is 0.255 e. The van der Waals surface area contributed by atoms with Gasteiger partial charge in [0.15, 0.2) is 18.1 Å². The summed E-state index contributed by atoms with van der Waals surface area (Å²) < 4.78 is 10.8. The molecule has 0 aliphatic carbocycles. The van der Waals surface area contributed by atoms with E-state index in [2.05, 4.69) is 24.4 Å². The van der Waals surface area contributed by atoms with E-state index in [9.17, 15) is 4.79 Å². The van der Waals surface area contributed by atoms with E-state index < -0.39 is 5.91 Å². The van der Waals surface area contributed by atoms with Crippen LogP contribution in [0.5, 0.6) is 11.5 Å². The van der Waals surface area contributed by atoms with Crippen molar-refractivity contribution in [1.29, 1.82) is 0 Å². The predicted octanol–water partition coefficient (Wildman–Crippen LogP) is -0.586. The molecule has 0 spiro atoms. The van der Waals surface area contributed by atoms with Crippen molar-refractivity contribution in [3.05, 3.63) is 59.7 Å². The molecule has 2 aromatic carbocycles. The first-order valence-corrected chi connectivity index (χ1v) is 7.47. The molecule has 0 saturated carbocycles. The number of nitrogens with two attached hydrogens (primary N) is 1. The van der Waals surface area contributed by atoms with Crippen LogP contribution in [0.2, 0.25) is 0 Å². The lowest BCUT2D eigenvalue weighted by atomic mass is 10.1. The summed E-state index contributed by atoms with van der Waals surface area (Å²) in [6.07, 6.45) is 0. The van der Waals surface area contributed by atoms with Crippen LogP contribution in [0.15, 0.2) is 48.5 Å². The Bertz CT molecular complexity index is 650. The van der Waals surface area contributed by atoms with Gasteiger partial charge in [-0.2, -0.15) is 0 Å². The van der Waals surface area contributed by atoms with Crippen molar-refractivity contribution in [3.63, 3.8) is 0 Å². The van der Waals surface area contributed by atoms with E-state index in [4.69, 9.17) is 15.2 Å². The zero-order chi connectivity index (χ0) is 16.7. The van der Waals surface area contributed by atoms with Gasteiger partial charge < -0.3 is 32.9 Å². The van der Waals surface area contributed by atoms with Crippen LogP contribution in [0.4, 0.5) is 0 Å². The normalized spacial score (nSPS) is 11.2. The van der Waals surface area contributed by atoms with Crippen molar-refractivity contribution in [2.24, 2.45) is 5.73 Å². The van der Waals surface area contributed by atoms with Gasteiger partial charge in [0.2, 0.25) is 0 Å². The number of nitrogens with one attached hydrogen (secondary N) is 1. The molecule has 1 unspecified atom stereocenters. The Labute approximate surface area is 148 Å². The number of hydrogen-bond donors (Lipinski definition) is 2. The van der Waals surface area contributed by atoms with Gasteiger partial charge in [0.25, 0.3) is 5.91 Å². The number of primary amides is 1. The molecule has 0 aliphatic heterocycles. The SMILES string of the molecule is COc1cccc(CNC(C)c2ccccc2)c1OCC(N)=O.[Cl-]. The lowest BCUT2D eigenvalue weighted by Crippen LogP contribution is -3.00. The lowest BCUT2D eigenvalue weighted by molar-refractivity contribution is -0.119. The van der Waals surface area contributed by atoms with Crippen molar-refractivity contribution in [1.82, 2.24) is 5.32 Å². The second kappa shape index (κ2) is 9.80. The molecule has 0 bridgehead atoms. The van der Waals surface area contributed by atoms with Crippen molar-refractivity contribution in [2.45, 2.75) is 19.5 Å². The molecule has 0 saturated heterocycles. The van der Waals surface area contributed by atoms with Gasteiger partial charge in [-0.05, 0) is 18.6 Å². The number of benzene rings is 2. The van der Waals surface area contributed by atoms with Crippen molar-refractivity contribution in [2.75, 3.05) is 13.7 Å². The summed E-state index contributed by atoms with van der Waals surface area (Å²) in [5, 5.41) is 3.44. The Morgan fingerprint density at radius 2 is 1.88 bits per heavy atom. The standard InChI is InChI=1S/C18H22N2O3.ClH/c1-13(14-7-4-3-5-8-14)20-11-15-9-6-10-16(22-2)18(15)23-12-17(19)21;/h3-10,13,20H,11-12H2,1-2H3,(H2,19,21);1H/p-1. The molecule has 2 rings (SSSR count). The average molecular weight is 350 g/mol. The van der Waals surface area contributed by atoms with E-state index in [1.165, 1.54) is 5.56 Å². The summed E-state index contributed by atoms with van der Waals surface area (Å²) >= 11 is 0. The molecular weight excluding hydrogens is 328 g/mol. The van der Waals surface area contributed by atoms with E-state index in [1.807, 2.05) is 30.3 Å². The number of carbonyl (C=O) groups excluding carboxylic acids is 1. The number of para-hydroxylation sites is 1. The van der Waals surface area contributed by atoms with Crippen LogP contribution in [0.25, 0.3) is 0 Å². The molecule has 24 heavy (non-hydrogen) atoms. The fourth-order valence-electron chi connectivity index (χ4n) is 2.29. The summed E-state index contributed by atoms with van der Waals surface area (Å²) in [6.45, 7) is 2.50. The molecule has 6 heteroatoms. The predicted molar refractivity (Wildman–Crippen MR) is 89.4 cm³/mol. The second-order valence-corrected chi connectivity index (χ2v) is 5.22. The number of hydrogen-bond acceptors (Lipinski definition) is 4. The minimum Gasteiger partial charge on any atom is -1.00 e. The third-order valence-electron chi connectivity index (χ3n) is 3.54.